The molecule has 0 radical (unpaired) electrons. The highest BCUT2D eigenvalue weighted by Crippen LogP contribution is 2.31. The van der Waals surface area contributed by atoms with Gasteiger partial charge in [-0.1, -0.05) is 36.2 Å². The van der Waals surface area contributed by atoms with Crippen molar-refractivity contribution in [2.75, 3.05) is 18.5 Å². The van der Waals surface area contributed by atoms with Gasteiger partial charge in [0.25, 0.3) is 0 Å². The minimum Gasteiger partial charge on any atom is -0.462 e. The first-order valence-electron chi connectivity index (χ1n) is 9.69. The first kappa shape index (κ1) is 21.9. The van der Waals surface area contributed by atoms with E-state index in [1.54, 1.807) is 31.2 Å². The van der Waals surface area contributed by atoms with Gasteiger partial charge < -0.3 is 10.1 Å². The molecule has 2 aromatic carbocycles. The molecular formula is C23H21Cl2N3O2. The Kier molecular flexibility index (Phi) is 7.15. The summed E-state index contributed by atoms with van der Waals surface area (Å²) >= 11 is 12.6. The lowest BCUT2D eigenvalue weighted by atomic mass is 10.0. The molecule has 0 aliphatic heterocycles. The highest BCUT2D eigenvalue weighted by atomic mass is 35.5. The summed E-state index contributed by atoms with van der Waals surface area (Å²) in [6, 6.07) is 11.1. The molecule has 0 atom stereocenters. The van der Waals surface area contributed by atoms with Gasteiger partial charge in [0.2, 0.25) is 0 Å². The lowest BCUT2D eigenvalue weighted by Crippen LogP contribution is -2.13. The molecule has 0 aliphatic rings. The highest BCUT2D eigenvalue weighted by Gasteiger charge is 2.19. The van der Waals surface area contributed by atoms with Gasteiger partial charge in [-0.3, -0.25) is 4.98 Å². The number of anilines is 1. The van der Waals surface area contributed by atoms with Crippen molar-refractivity contribution in [2.45, 2.75) is 26.7 Å². The number of nitriles is 1. The second kappa shape index (κ2) is 9.80. The Hall–Kier alpha value is -2.81. The third-order valence-electron chi connectivity index (χ3n) is 4.79. The van der Waals surface area contributed by atoms with E-state index in [0.29, 0.717) is 51.6 Å². The van der Waals surface area contributed by atoms with Crippen molar-refractivity contribution >= 4 is 45.8 Å². The molecule has 5 nitrogen and oxygen atoms in total. The maximum Gasteiger partial charge on any atom is 0.341 e. The first-order chi connectivity index (χ1) is 14.5. The van der Waals surface area contributed by atoms with E-state index >= 15 is 0 Å². The number of fused-ring (bicyclic) bond motifs is 1. The van der Waals surface area contributed by atoms with Crippen LogP contribution in [0.2, 0.25) is 10.0 Å². The van der Waals surface area contributed by atoms with E-state index in [9.17, 15) is 10.1 Å². The van der Waals surface area contributed by atoms with Crippen molar-refractivity contribution < 1.29 is 9.53 Å². The van der Waals surface area contributed by atoms with Gasteiger partial charge in [-0.2, -0.15) is 5.26 Å². The zero-order chi connectivity index (χ0) is 21.7. The molecule has 0 saturated heterocycles. The molecule has 0 amide bonds. The van der Waals surface area contributed by atoms with Gasteiger partial charge in [-0.05, 0) is 55.2 Å². The maximum atomic E-state index is 12.6. The Morgan fingerprint density at radius 3 is 2.60 bits per heavy atom. The smallest absolute Gasteiger partial charge is 0.341 e. The van der Waals surface area contributed by atoms with Gasteiger partial charge in [0.1, 0.15) is 5.56 Å². The normalized spacial score (nSPS) is 10.6. The zero-order valence-electron chi connectivity index (χ0n) is 16.8. The van der Waals surface area contributed by atoms with Gasteiger partial charge in [-0.25, -0.2) is 4.79 Å². The van der Waals surface area contributed by atoms with Gasteiger partial charge in [0, 0.05) is 28.2 Å². The molecular weight excluding hydrogens is 421 g/mol. The van der Waals surface area contributed by atoms with Gasteiger partial charge in [-0.15, -0.1) is 0 Å². The number of hydrogen-bond donors (Lipinski definition) is 1. The summed E-state index contributed by atoms with van der Waals surface area (Å²) in [7, 11) is 0. The minimum absolute atomic E-state index is 0.254. The van der Waals surface area contributed by atoms with Crippen LogP contribution in [0.1, 0.15) is 40.9 Å². The monoisotopic (exact) mass is 441 g/mol. The van der Waals surface area contributed by atoms with E-state index in [1.807, 2.05) is 13.0 Å². The van der Waals surface area contributed by atoms with Gasteiger partial charge >= 0.3 is 5.97 Å². The summed E-state index contributed by atoms with van der Waals surface area (Å²) in [6.45, 7) is 4.49. The zero-order valence-corrected chi connectivity index (χ0v) is 18.3. The van der Waals surface area contributed by atoms with Crippen LogP contribution in [0.5, 0.6) is 0 Å². The molecule has 0 fully saturated rings. The highest BCUT2D eigenvalue weighted by molar-refractivity contribution is 6.36. The third kappa shape index (κ3) is 4.51. The van der Waals surface area contributed by atoms with E-state index in [2.05, 4.69) is 16.4 Å². The van der Waals surface area contributed by atoms with Gasteiger partial charge in [0.15, 0.2) is 0 Å². The molecule has 0 saturated carbocycles. The number of ether oxygens (including phenoxy) is 1. The summed E-state index contributed by atoms with van der Waals surface area (Å²) < 4.78 is 5.21. The average Bonchev–Trinajstić information content (AvgIpc) is 2.74. The second-order valence-electron chi connectivity index (χ2n) is 6.64. The number of hydrogen-bond acceptors (Lipinski definition) is 5. The number of aromatic nitrogens is 1. The molecule has 3 rings (SSSR count). The van der Waals surface area contributed by atoms with Crippen LogP contribution < -0.4 is 5.32 Å². The Labute approximate surface area is 185 Å². The van der Waals surface area contributed by atoms with Crippen molar-refractivity contribution in [3.63, 3.8) is 0 Å². The Balaban J connectivity index is 2.05. The number of esters is 1. The fraction of sp³-hybridized carbons (Fsp3) is 0.261. The number of halogens is 2. The van der Waals surface area contributed by atoms with Crippen LogP contribution in [0.3, 0.4) is 0 Å². The summed E-state index contributed by atoms with van der Waals surface area (Å²) in [5.74, 6) is -0.467. The predicted octanol–water partition coefficient (Wildman–Crippen LogP) is 5.81. The van der Waals surface area contributed by atoms with Crippen LogP contribution >= 0.6 is 23.2 Å². The molecule has 1 N–H and O–H groups in total. The fourth-order valence-electron chi connectivity index (χ4n) is 3.35. The molecule has 1 aromatic heterocycles. The van der Waals surface area contributed by atoms with Crippen molar-refractivity contribution in [1.82, 2.24) is 4.98 Å². The predicted molar refractivity (Wildman–Crippen MR) is 120 cm³/mol. The largest absolute Gasteiger partial charge is 0.462 e. The molecule has 7 heteroatoms. The second-order valence-corrected chi connectivity index (χ2v) is 7.46. The molecule has 0 unspecified atom stereocenters. The topological polar surface area (TPSA) is 75.0 Å². The van der Waals surface area contributed by atoms with Crippen LogP contribution in [-0.2, 0) is 17.6 Å². The Morgan fingerprint density at radius 1 is 1.23 bits per heavy atom. The van der Waals surface area contributed by atoms with Crippen LogP contribution in [-0.4, -0.2) is 24.1 Å². The van der Waals surface area contributed by atoms with E-state index < -0.39 is 5.97 Å². The molecule has 3 aromatic rings. The van der Waals surface area contributed by atoms with Crippen molar-refractivity contribution in [1.29, 1.82) is 5.26 Å². The molecule has 0 bridgehead atoms. The Bertz CT molecular complexity index is 1120. The first-order valence-corrected chi connectivity index (χ1v) is 10.4. The number of rotatable bonds is 7. The summed E-state index contributed by atoms with van der Waals surface area (Å²) in [6.07, 6.45) is 2.80. The van der Waals surface area contributed by atoms with Crippen LogP contribution in [0.25, 0.3) is 10.9 Å². The maximum absolute atomic E-state index is 12.6. The molecule has 30 heavy (non-hydrogen) atoms. The number of nitrogens with one attached hydrogen (secondary N) is 1. The van der Waals surface area contributed by atoms with Gasteiger partial charge in [0.05, 0.1) is 29.4 Å². The SMILES string of the molecule is CCOC(=O)c1cnc2c(CC)cc(C#N)cc2c1NCCc1c(Cl)cccc1Cl. The van der Waals surface area contributed by atoms with Crippen molar-refractivity contribution in [3.05, 3.63) is 68.8 Å². The van der Waals surface area contributed by atoms with Crippen LogP contribution in [0.4, 0.5) is 5.69 Å². The number of carbonyl (C=O) groups is 1. The van der Waals surface area contributed by atoms with Crippen molar-refractivity contribution in [3.8, 4) is 6.07 Å². The van der Waals surface area contributed by atoms with E-state index in [-0.39, 0.29) is 6.61 Å². The van der Waals surface area contributed by atoms with E-state index in [0.717, 1.165) is 16.6 Å². The number of nitrogens with zero attached hydrogens (tertiary/aromatic N) is 2. The number of aryl methyl sites for hydroxylation is 1. The standard InChI is InChI=1S/C23H21Cl2N3O2/c1-3-15-10-14(12-26)11-17-21(15)28-13-18(23(29)30-4-2)22(17)27-9-8-16-19(24)6-5-7-20(16)25/h5-7,10-11,13H,3-4,8-9H2,1-2H3,(H,27,28). The summed E-state index contributed by atoms with van der Waals surface area (Å²) in [4.78, 5) is 17.0. The number of carbonyl (C=O) groups excluding carboxylic acids is 1. The quantitative estimate of drug-likeness (QED) is 0.468. The van der Waals surface area contributed by atoms with Crippen molar-refractivity contribution in [2.24, 2.45) is 0 Å². The number of pyridine rings is 1. The Morgan fingerprint density at radius 2 is 1.97 bits per heavy atom. The third-order valence-corrected chi connectivity index (χ3v) is 5.50. The molecule has 154 valence electrons. The summed E-state index contributed by atoms with van der Waals surface area (Å²) in [5, 5.41) is 14.7. The lowest BCUT2D eigenvalue weighted by molar-refractivity contribution is 0.0527. The number of benzene rings is 2. The van der Waals surface area contributed by atoms with Crippen LogP contribution in [0.15, 0.2) is 36.5 Å². The minimum atomic E-state index is -0.467. The molecule has 0 spiro atoms. The molecule has 0 aliphatic carbocycles. The lowest BCUT2D eigenvalue weighted by Gasteiger charge is -2.16. The fourth-order valence-corrected chi connectivity index (χ4v) is 3.93. The molecule has 1 heterocycles. The van der Waals surface area contributed by atoms with Crippen LogP contribution in [0, 0.1) is 11.3 Å². The summed E-state index contributed by atoms with van der Waals surface area (Å²) in [5.41, 5.74) is 3.95. The average molecular weight is 442 g/mol. The van der Waals surface area contributed by atoms with E-state index in [1.165, 1.54) is 6.20 Å². The van der Waals surface area contributed by atoms with E-state index in [4.69, 9.17) is 27.9 Å².